The molecular weight excluding hydrogens is 836 g/mol. The molecule has 1 aromatic heterocycles. The van der Waals surface area contributed by atoms with Gasteiger partial charge in [-0.3, -0.25) is 9.59 Å². The highest BCUT2D eigenvalue weighted by atomic mass is 127. The van der Waals surface area contributed by atoms with Gasteiger partial charge in [0.05, 0.1) is 12.7 Å². The summed E-state index contributed by atoms with van der Waals surface area (Å²) >= 11 is 1.15. The quantitative estimate of drug-likeness (QED) is 0.0771. The molecule has 0 aliphatic heterocycles. The Morgan fingerprint density at radius 3 is 2.04 bits per heavy atom. The zero-order chi connectivity index (χ0) is 39.0. The van der Waals surface area contributed by atoms with Crippen LogP contribution in [-0.4, -0.2) is 58.5 Å². The number of carbonyl (C=O) groups is 1. The smallest absolute Gasteiger partial charge is 0.416 e. The third-order valence-electron chi connectivity index (χ3n) is 9.85. The molecule has 5 aromatic rings. The number of aromatic nitrogens is 2. The van der Waals surface area contributed by atoms with Crippen molar-refractivity contribution < 1.29 is 43.9 Å². The predicted octanol–water partition coefficient (Wildman–Crippen LogP) is 5.22. The van der Waals surface area contributed by atoms with E-state index in [0.717, 1.165) is 66.2 Å². The summed E-state index contributed by atoms with van der Waals surface area (Å²) in [5, 5.41) is 0.554. The highest BCUT2D eigenvalue weighted by Gasteiger charge is 2.30. The van der Waals surface area contributed by atoms with E-state index in [1.165, 1.54) is 31.0 Å². The number of methoxy groups -OCH3 is 1. The number of thioether (sulfide) groups is 1. The number of amides is 1. The van der Waals surface area contributed by atoms with Gasteiger partial charge in [0.25, 0.3) is 5.56 Å². The van der Waals surface area contributed by atoms with Crippen molar-refractivity contribution in [3.8, 4) is 16.9 Å². The second kappa shape index (κ2) is 18.7. The largest absolute Gasteiger partial charge is 0.497 e. The number of ether oxygens (including phenoxy) is 1. The molecule has 0 radical (unpaired) electrons. The third kappa shape index (κ3) is 10.6. The third-order valence-corrected chi connectivity index (χ3v) is 13.6. The average Bonchev–Trinajstić information content (AvgIpc) is 3.70. The summed E-state index contributed by atoms with van der Waals surface area (Å²) in [5.41, 5.74) is 4.23. The molecule has 0 saturated heterocycles. The van der Waals surface area contributed by atoms with E-state index in [2.05, 4.69) is 60.1 Å². The predicted molar refractivity (Wildman–Crippen MR) is 207 cm³/mol. The van der Waals surface area contributed by atoms with Crippen molar-refractivity contribution in [2.45, 2.75) is 63.3 Å². The van der Waals surface area contributed by atoms with Crippen LogP contribution in [0.3, 0.4) is 0 Å². The number of hydrogen-bond acceptors (Lipinski definition) is 6. The molecule has 1 amide bonds. The van der Waals surface area contributed by atoms with Gasteiger partial charge in [0.15, 0.2) is 12.3 Å². The van der Waals surface area contributed by atoms with Crippen LogP contribution in [0, 0.1) is 7.14 Å². The van der Waals surface area contributed by atoms with Crippen LogP contribution in [0.5, 0.6) is 5.75 Å². The number of carbonyl (C=O) groups excluding carboxylic acids is 1. The summed E-state index contributed by atoms with van der Waals surface area (Å²) in [6.07, 6.45) is -2.15. The van der Waals surface area contributed by atoms with Crippen LogP contribution in [0.4, 0.5) is 13.2 Å². The van der Waals surface area contributed by atoms with Gasteiger partial charge in [-0.25, -0.2) is 0 Å². The molecule has 6 rings (SSSR count). The van der Waals surface area contributed by atoms with Gasteiger partial charge in [0, 0.05) is 36.6 Å². The van der Waals surface area contributed by atoms with Crippen molar-refractivity contribution in [2.75, 3.05) is 33.3 Å². The fourth-order valence-corrected chi connectivity index (χ4v) is 9.74. The van der Waals surface area contributed by atoms with Gasteiger partial charge in [0.1, 0.15) is 12.3 Å². The normalized spacial score (nSPS) is 12.6. The molecule has 0 N–H and O–H groups in total. The van der Waals surface area contributed by atoms with Crippen LogP contribution in [-0.2, 0) is 42.7 Å². The SMILES string of the molecule is CCN(CC)CCN(Cc1ccc(-c2ccc(C(F)(F)F)cc2)cc1)C(=O)Cn1c(SCc2ccc([I+]c3ccc(OC)cc3)cc2)nc(=O)c2c1CCC2. The molecule has 0 spiro atoms. The van der Waals surface area contributed by atoms with Crippen molar-refractivity contribution in [1.29, 1.82) is 0 Å². The van der Waals surface area contributed by atoms with Gasteiger partial charge in [-0.05, 0) is 103 Å². The molecule has 1 aliphatic rings. The first-order valence-corrected chi connectivity index (χ1v) is 21.6. The van der Waals surface area contributed by atoms with Crippen molar-refractivity contribution in [1.82, 2.24) is 19.4 Å². The summed E-state index contributed by atoms with van der Waals surface area (Å²) in [5.74, 6) is 1.39. The van der Waals surface area contributed by atoms with Gasteiger partial charge in [-0.1, -0.05) is 74.1 Å². The van der Waals surface area contributed by atoms with E-state index in [4.69, 9.17) is 4.74 Å². The highest BCUT2D eigenvalue weighted by molar-refractivity contribution is 7.98. The molecule has 12 heteroatoms. The number of nitrogens with zero attached hydrogens (tertiary/aromatic N) is 4. The summed E-state index contributed by atoms with van der Waals surface area (Å²) in [7, 11) is 1.67. The Labute approximate surface area is 335 Å². The first-order chi connectivity index (χ1) is 26.5. The summed E-state index contributed by atoms with van der Waals surface area (Å²) in [6, 6.07) is 29.6. The summed E-state index contributed by atoms with van der Waals surface area (Å²) in [4.78, 5) is 36.1. The van der Waals surface area contributed by atoms with Gasteiger partial charge >= 0.3 is 27.4 Å². The molecule has 0 fully saturated rings. The first kappa shape index (κ1) is 40.5. The number of halogens is 4. The first-order valence-electron chi connectivity index (χ1n) is 18.4. The van der Waals surface area contributed by atoms with E-state index in [1.54, 1.807) is 7.11 Å². The van der Waals surface area contributed by atoms with Crippen LogP contribution >= 0.6 is 11.8 Å². The average molecular weight is 882 g/mol. The molecule has 0 unspecified atom stereocenters. The van der Waals surface area contributed by atoms with Gasteiger partial charge in [0.2, 0.25) is 5.91 Å². The van der Waals surface area contributed by atoms with Gasteiger partial charge < -0.3 is 19.1 Å². The standard InChI is InChI=1S/C43H45F3IN4O3S/c1-4-49(5-2)25-26-50(27-30-9-13-32(14-10-30)33-15-17-34(18-16-33)43(44,45)46)40(52)28-51-39-8-6-7-38(39)41(53)48-42(51)55-29-31-11-19-35(20-12-31)47-36-21-23-37(54-3)24-22-36/h9-24H,4-8,25-29H2,1-3H3/q+1. The van der Waals surface area contributed by atoms with Gasteiger partial charge in [-0.15, -0.1) is 0 Å². The Morgan fingerprint density at radius 2 is 1.44 bits per heavy atom. The fraction of sp³-hybridized carbons (Fsp3) is 0.326. The minimum Gasteiger partial charge on any atom is -0.497 e. The van der Waals surface area contributed by atoms with E-state index in [-0.39, 0.29) is 39.2 Å². The molecule has 1 heterocycles. The number of fused-ring (bicyclic) bond motifs is 1. The van der Waals surface area contributed by atoms with Crippen LogP contribution in [0.2, 0.25) is 0 Å². The molecule has 288 valence electrons. The Balaban J connectivity index is 1.18. The second-order valence-corrected chi connectivity index (χ2v) is 17.3. The highest BCUT2D eigenvalue weighted by Crippen LogP contribution is 2.31. The Kier molecular flexibility index (Phi) is 13.8. The monoisotopic (exact) mass is 881 g/mol. The van der Waals surface area contributed by atoms with E-state index >= 15 is 0 Å². The Morgan fingerprint density at radius 1 is 0.836 bits per heavy atom. The summed E-state index contributed by atoms with van der Waals surface area (Å²) in [6.45, 7) is 7.61. The van der Waals surface area contributed by atoms with E-state index in [0.29, 0.717) is 48.1 Å². The number of likely N-dealkylation sites (N-methyl/N-ethyl adjacent to an activating group) is 1. The number of hydrogen-bond donors (Lipinski definition) is 0. The zero-order valence-electron chi connectivity index (χ0n) is 31.2. The van der Waals surface area contributed by atoms with E-state index < -0.39 is 11.7 Å². The van der Waals surface area contributed by atoms with Crippen LogP contribution in [0.15, 0.2) is 107 Å². The van der Waals surface area contributed by atoms with Crippen molar-refractivity contribution >= 4 is 17.7 Å². The lowest BCUT2D eigenvalue weighted by Crippen LogP contribution is -3.61. The van der Waals surface area contributed by atoms with Crippen LogP contribution in [0.1, 0.15) is 48.2 Å². The molecule has 0 saturated carbocycles. The van der Waals surface area contributed by atoms with Crippen LogP contribution < -0.4 is 31.5 Å². The number of rotatable bonds is 16. The molecular formula is C43H45F3IN4O3S+. The minimum absolute atomic E-state index is 0.0628. The van der Waals surface area contributed by atoms with Crippen molar-refractivity contribution in [2.24, 2.45) is 0 Å². The second-order valence-electron chi connectivity index (χ2n) is 13.3. The molecule has 4 aromatic carbocycles. The lowest BCUT2D eigenvalue weighted by atomic mass is 10.0. The summed E-state index contributed by atoms with van der Waals surface area (Å²) < 4.78 is 49.2. The Hall–Kier alpha value is -4.14. The maximum absolute atomic E-state index is 14.3. The Bertz CT molecular complexity index is 2100. The number of benzene rings is 4. The molecule has 55 heavy (non-hydrogen) atoms. The van der Waals surface area contributed by atoms with E-state index in [1.807, 2.05) is 45.9 Å². The lowest BCUT2D eigenvalue weighted by molar-refractivity contribution is -0.597. The van der Waals surface area contributed by atoms with Crippen LogP contribution in [0.25, 0.3) is 11.1 Å². The van der Waals surface area contributed by atoms with Crippen molar-refractivity contribution in [3.05, 3.63) is 143 Å². The molecule has 0 bridgehead atoms. The molecule has 1 aliphatic carbocycles. The van der Waals surface area contributed by atoms with Crippen molar-refractivity contribution in [3.63, 3.8) is 0 Å². The minimum atomic E-state index is -4.39. The topological polar surface area (TPSA) is 67.7 Å². The van der Waals surface area contributed by atoms with E-state index in [9.17, 15) is 22.8 Å². The maximum Gasteiger partial charge on any atom is 0.416 e. The fourth-order valence-electron chi connectivity index (χ4n) is 6.61. The maximum atomic E-state index is 14.3. The molecule has 7 nitrogen and oxygen atoms in total. The van der Waals surface area contributed by atoms with Gasteiger partial charge in [-0.2, -0.15) is 18.2 Å². The lowest BCUT2D eigenvalue weighted by Gasteiger charge is -2.28. The zero-order valence-corrected chi connectivity index (χ0v) is 34.2. The number of alkyl halides is 3. The molecule has 0 atom stereocenters.